The molecule has 2 bridgehead atoms. The molecule has 2 N–H and O–H groups in total. The lowest BCUT2D eigenvalue weighted by Gasteiger charge is -2.47. The van der Waals surface area contributed by atoms with Crippen LogP contribution < -0.4 is 15.0 Å². The monoisotopic (exact) mass is 604 g/mol. The maximum Gasteiger partial charge on any atom is 0.204 e. The summed E-state index contributed by atoms with van der Waals surface area (Å²) in [6.07, 6.45) is 8.80. The number of hydrogen-bond acceptors (Lipinski definition) is 10. The molecule has 5 heterocycles. The molecule has 0 radical (unpaired) electrons. The van der Waals surface area contributed by atoms with Crippen LogP contribution in [0.2, 0.25) is 0 Å². The lowest BCUT2D eigenvalue weighted by atomic mass is 9.84. The van der Waals surface area contributed by atoms with Crippen molar-refractivity contribution in [2.75, 3.05) is 56.6 Å². The molecule has 2 aromatic heterocycles. The van der Waals surface area contributed by atoms with Crippen LogP contribution >= 0.6 is 11.8 Å². The van der Waals surface area contributed by atoms with Gasteiger partial charge in [-0.25, -0.2) is 9.97 Å². The molecular formula is C32H44N8O2S. The van der Waals surface area contributed by atoms with Crippen LogP contribution in [0.15, 0.2) is 40.4 Å². The first-order valence-electron chi connectivity index (χ1n) is 15.7. The van der Waals surface area contributed by atoms with Gasteiger partial charge < -0.3 is 15.0 Å². The van der Waals surface area contributed by atoms with E-state index >= 15 is 0 Å². The first-order valence-corrected chi connectivity index (χ1v) is 16.5. The summed E-state index contributed by atoms with van der Waals surface area (Å²) < 4.78 is 5.93. The Balaban J connectivity index is 1.17. The van der Waals surface area contributed by atoms with Crippen LogP contribution in [0.1, 0.15) is 56.7 Å². The summed E-state index contributed by atoms with van der Waals surface area (Å²) in [7, 11) is 1.68. The van der Waals surface area contributed by atoms with E-state index in [4.69, 9.17) is 14.7 Å². The molecule has 10 nitrogen and oxygen atoms in total. The summed E-state index contributed by atoms with van der Waals surface area (Å²) in [4.78, 5) is 30.2. The normalized spacial score (nSPS) is 21.1. The Morgan fingerprint density at radius 1 is 1.02 bits per heavy atom. The van der Waals surface area contributed by atoms with E-state index in [2.05, 4.69) is 30.2 Å². The van der Waals surface area contributed by atoms with Crippen LogP contribution in [0.3, 0.4) is 0 Å². The highest BCUT2D eigenvalue weighted by Gasteiger charge is 2.34. The van der Waals surface area contributed by atoms with E-state index in [1.807, 2.05) is 37.3 Å². The summed E-state index contributed by atoms with van der Waals surface area (Å²) in [5.74, 6) is 2.85. The number of Topliss-reactive ketones (excluding diaryl/α,β-unsaturated/α-hetero) is 1. The first kappa shape index (κ1) is 29.9. The molecule has 3 aliphatic rings. The standard InChI is InChI=1S/C32H44N8O2S/c1-22-20-28(37-36-22)33-30-29(42-3)31(35-32(34-30)43-27-12-10-24(11-13-27)21-23(2)41)39-17-14-38(15-18-39)16-19-40-25-6-4-7-26(40)9-5-8-25/h10-13,20,25-26H,4-9,14-19,21H2,1-3H3,(H2,33,34,35,36,37). The zero-order valence-corrected chi connectivity index (χ0v) is 26.5. The second-order valence-corrected chi connectivity index (χ2v) is 13.2. The number of nitrogens with one attached hydrogen (secondary N) is 2. The van der Waals surface area contributed by atoms with Crippen molar-refractivity contribution < 1.29 is 9.53 Å². The van der Waals surface area contributed by atoms with Crippen LogP contribution in [0.5, 0.6) is 5.75 Å². The van der Waals surface area contributed by atoms with Gasteiger partial charge in [0.05, 0.1) is 7.11 Å². The highest BCUT2D eigenvalue weighted by molar-refractivity contribution is 7.99. The number of aromatic amines is 1. The summed E-state index contributed by atoms with van der Waals surface area (Å²) in [5.41, 5.74) is 1.96. The number of piperidine rings is 2. The van der Waals surface area contributed by atoms with Crippen LogP contribution in [0.4, 0.5) is 17.5 Å². The third-order valence-electron chi connectivity index (χ3n) is 9.00. The highest BCUT2D eigenvalue weighted by Crippen LogP contribution is 2.39. The molecule has 1 aromatic carbocycles. The summed E-state index contributed by atoms with van der Waals surface area (Å²) in [6.45, 7) is 9.66. The number of carbonyl (C=O) groups is 1. The first-order chi connectivity index (χ1) is 20.9. The third-order valence-corrected chi connectivity index (χ3v) is 9.88. The molecule has 0 spiro atoms. The number of carbonyl (C=O) groups excluding carboxylic acids is 1. The lowest BCUT2D eigenvalue weighted by molar-refractivity contribution is -0.116. The molecule has 0 aliphatic carbocycles. The van der Waals surface area contributed by atoms with Gasteiger partial charge >= 0.3 is 0 Å². The molecule has 3 saturated heterocycles. The van der Waals surface area contributed by atoms with E-state index in [0.717, 1.165) is 66.8 Å². The van der Waals surface area contributed by atoms with E-state index < -0.39 is 0 Å². The Hall–Kier alpha value is -3.15. The molecule has 3 fully saturated rings. The van der Waals surface area contributed by atoms with Crippen molar-refractivity contribution in [3.63, 3.8) is 0 Å². The van der Waals surface area contributed by atoms with Gasteiger partial charge in [-0.1, -0.05) is 25.0 Å². The number of anilines is 3. The average molecular weight is 605 g/mol. The summed E-state index contributed by atoms with van der Waals surface area (Å²) >= 11 is 1.50. The largest absolute Gasteiger partial charge is 0.490 e. The molecule has 43 heavy (non-hydrogen) atoms. The number of ketones is 1. The number of H-pyrrole nitrogens is 1. The van der Waals surface area contributed by atoms with Gasteiger partial charge in [0, 0.05) is 74.4 Å². The van der Waals surface area contributed by atoms with Crippen molar-refractivity contribution in [2.45, 2.75) is 80.9 Å². The quantitative estimate of drug-likeness (QED) is 0.288. The summed E-state index contributed by atoms with van der Waals surface area (Å²) in [6, 6.07) is 11.6. The number of aryl methyl sites for hydroxylation is 1. The molecule has 230 valence electrons. The smallest absolute Gasteiger partial charge is 0.204 e. The van der Waals surface area contributed by atoms with Gasteiger partial charge in [0.1, 0.15) is 5.78 Å². The van der Waals surface area contributed by atoms with Crippen molar-refractivity contribution in [3.8, 4) is 5.75 Å². The zero-order chi connectivity index (χ0) is 29.8. The number of hydrogen-bond donors (Lipinski definition) is 2. The van der Waals surface area contributed by atoms with Crippen molar-refractivity contribution in [2.24, 2.45) is 0 Å². The molecule has 11 heteroatoms. The van der Waals surface area contributed by atoms with Crippen LogP contribution in [0, 0.1) is 6.92 Å². The second-order valence-electron chi connectivity index (χ2n) is 12.1. The fourth-order valence-electron chi connectivity index (χ4n) is 6.86. The van der Waals surface area contributed by atoms with Gasteiger partial charge in [-0.3, -0.25) is 19.7 Å². The van der Waals surface area contributed by atoms with E-state index in [1.165, 1.54) is 56.8 Å². The number of ether oxygens (including phenoxy) is 1. The second kappa shape index (κ2) is 13.7. The molecular weight excluding hydrogens is 560 g/mol. The average Bonchev–Trinajstić information content (AvgIpc) is 3.41. The van der Waals surface area contributed by atoms with Crippen LogP contribution in [-0.4, -0.2) is 94.2 Å². The van der Waals surface area contributed by atoms with Gasteiger partial charge in [-0.05, 0) is 69.0 Å². The molecule has 6 rings (SSSR count). The minimum absolute atomic E-state index is 0.155. The Bertz CT molecular complexity index is 1370. The SMILES string of the molecule is COc1c(Nc2cc(C)[nH]n2)nc(Sc2ccc(CC(C)=O)cc2)nc1N1CCN(CCN2C3CCCC2CCC3)CC1. The molecule has 0 saturated carbocycles. The zero-order valence-electron chi connectivity index (χ0n) is 25.6. The number of fused-ring (bicyclic) bond motifs is 2. The third kappa shape index (κ3) is 7.33. The highest BCUT2D eigenvalue weighted by atomic mass is 32.2. The predicted octanol–water partition coefficient (Wildman–Crippen LogP) is 5.07. The van der Waals surface area contributed by atoms with Gasteiger partial charge in [-0.2, -0.15) is 5.10 Å². The molecule has 3 aromatic rings. The Morgan fingerprint density at radius 2 is 1.72 bits per heavy atom. The van der Waals surface area contributed by atoms with Crippen molar-refractivity contribution >= 4 is 35.0 Å². The fraction of sp³-hybridized carbons (Fsp3) is 0.562. The fourth-order valence-corrected chi connectivity index (χ4v) is 7.61. The predicted molar refractivity (Wildman–Crippen MR) is 171 cm³/mol. The van der Waals surface area contributed by atoms with Gasteiger partial charge in [0.25, 0.3) is 0 Å². The van der Waals surface area contributed by atoms with Gasteiger partial charge in [-0.15, -0.1) is 0 Å². The number of piperazine rings is 1. The Kier molecular flexibility index (Phi) is 9.49. The van der Waals surface area contributed by atoms with Crippen molar-refractivity contribution in [3.05, 3.63) is 41.6 Å². The maximum atomic E-state index is 11.5. The van der Waals surface area contributed by atoms with Gasteiger partial charge in [0.2, 0.25) is 5.75 Å². The Morgan fingerprint density at radius 3 is 2.33 bits per heavy atom. The van der Waals surface area contributed by atoms with E-state index in [0.29, 0.717) is 29.0 Å². The number of rotatable bonds is 11. The number of methoxy groups -OCH3 is 1. The van der Waals surface area contributed by atoms with E-state index in [9.17, 15) is 4.79 Å². The Labute approximate surface area is 259 Å². The number of aromatic nitrogens is 4. The topological polar surface area (TPSA) is 103 Å². The van der Waals surface area contributed by atoms with E-state index in [-0.39, 0.29) is 5.78 Å². The van der Waals surface area contributed by atoms with Crippen LogP contribution in [0.25, 0.3) is 0 Å². The number of benzene rings is 1. The van der Waals surface area contributed by atoms with Crippen molar-refractivity contribution in [1.29, 1.82) is 0 Å². The molecule has 0 unspecified atom stereocenters. The van der Waals surface area contributed by atoms with Crippen molar-refractivity contribution in [1.82, 2.24) is 30.0 Å². The van der Waals surface area contributed by atoms with E-state index in [1.54, 1.807) is 14.0 Å². The maximum absolute atomic E-state index is 11.5. The lowest BCUT2D eigenvalue weighted by Crippen LogP contribution is -2.54. The minimum Gasteiger partial charge on any atom is -0.490 e. The minimum atomic E-state index is 0.155. The van der Waals surface area contributed by atoms with Crippen LogP contribution in [-0.2, 0) is 11.2 Å². The van der Waals surface area contributed by atoms with Gasteiger partial charge in [0.15, 0.2) is 22.6 Å². The number of nitrogens with zero attached hydrogens (tertiary/aromatic N) is 6. The molecule has 0 atom stereocenters. The molecule has 3 aliphatic heterocycles. The molecule has 0 amide bonds. The summed E-state index contributed by atoms with van der Waals surface area (Å²) in [5, 5.41) is 11.3.